The molecule has 3 aromatic rings. The smallest absolute Gasteiger partial charge is 0.257 e. The number of nitrogens with zero attached hydrogens (tertiary/aromatic N) is 1. The molecule has 0 bridgehead atoms. The molecule has 0 unspecified atom stereocenters. The molecule has 1 aromatic heterocycles. The Bertz CT molecular complexity index is 985. The number of ether oxygens (including phenoxy) is 2. The van der Waals surface area contributed by atoms with E-state index in [0.29, 0.717) is 28.7 Å². The van der Waals surface area contributed by atoms with Crippen LogP contribution in [0.5, 0.6) is 11.5 Å². The lowest BCUT2D eigenvalue weighted by Crippen LogP contribution is -2.12. The Balaban J connectivity index is 1.72. The molecule has 0 saturated carbocycles. The van der Waals surface area contributed by atoms with Crippen molar-refractivity contribution in [1.82, 2.24) is 4.98 Å². The van der Waals surface area contributed by atoms with Gasteiger partial charge in [0.1, 0.15) is 0 Å². The molecule has 0 aliphatic heterocycles. The highest BCUT2D eigenvalue weighted by molar-refractivity contribution is 6.04. The summed E-state index contributed by atoms with van der Waals surface area (Å²) in [6.07, 6.45) is 3.20. The summed E-state index contributed by atoms with van der Waals surface area (Å²) >= 11 is 0. The van der Waals surface area contributed by atoms with Gasteiger partial charge in [-0.2, -0.15) is 0 Å². The molecule has 6 nitrogen and oxygen atoms in total. The van der Waals surface area contributed by atoms with E-state index in [1.54, 1.807) is 26.5 Å². The van der Waals surface area contributed by atoms with Gasteiger partial charge < -0.3 is 20.1 Å². The van der Waals surface area contributed by atoms with Crippen molar-refractivity contribution >= 4 is 23.0 Å². The van der Waals surface area contributed by atoms with Crippen LogP contribution in [0.1, 0.15) is 35.7 Å². The van der Waals surface area contributed by atoms with Gasteiger partial charge in [0.25, 0.3) is 5.91 Å². The van der Waals surface area contributed by atoms with Gasteiger partial charge in [-0.1, -0.05) is 26.0 Å². The zero-order valence-corrected chi connectivity index (χ0v) is 17.0. The number of methoxy groups -OCH3 is 2. The summed E-state index contributed by atoms with van der Waals surface area (Å²) in [5, 5.41) is 6.14. The zero-order chi connectivity index (χ0) is 20.8. The molecule has 0 spiro atoms. The fraction of sp³-hybridized carbons (Fsp3) is 0.217. The van der Waals surface area contributed by atoms with Crippen LogP contribution >= 0.6 is 0 Å². The van der Waals surface area contributed by atoms with Crippen molar-refractivity contribution in [2.75, 3.05) is 24.9 Å². The quantitative estimate of drug-likeness (QED) is 0.578. The van der Waals surface area contributed by atoms with Gasteiger partial charge in [-0.25, -0.2) is 0 Å². The molecule has 3 rings (SSSR count). The van der Waals surface area contributed by atoms with Gasteiger partial charge >= 0.3 is 0 Å². The third-order valence-corrected chi connectivity index (χ3v) is 4.51. The van der Waals surface area contributed by atoms with Gasteiger partial charge in [0.2, 0.25) is 0 Å². The first-order valence-corrected chi connectivity index (χ1v) is 9.35. The van der Waals surface area contributed by atoms with E-state index < -0.39 is 0 Å². The van der Waals surface area contributed by atoms with Crippen LogP contribution in [0.3, 0.4) is 0 Å². The Morgan fingerprint density at radius 2 is 1.55 bits per heavy atom. The molecule has 0 saturated heterocycles. The van der Waals surface area contributed by atoms with Crippen LogP contribution in [-0.2, 0) is 0 Å². The summed E-state index contributed by atoms with van der Waals surface area (Å²) in [5.74, 6) is 1.49. The van der Waals surface area contributed by atoms with E-state index in [9.17, 15) is 4.79 Å². The van der Waals surface area contributed by atoms with Crippen molar-refractivity contribution in [3.05, 3.63) is 72.1 Å². The summed E-state index contributed by atoms with van der Waals surface area (Å²) in [6, 6.07) is 15.1. The second-order valence-electron chi connectivity index (χ2n) is 6.89. The van der Waals surface area contributed by atoms with Crippen LogP contribution in [0.15, 0.2) is 60.9 Å². The van der Waals surface area contributed by atoms with Crippen LogP contribution in [0.2, 0.25) is 0 Å². The molecule has 2 N–H and O–H groups in total. The Hall–Kier alpha value is -3.54. The van der Waals surface area contributed by atoms with E-state index in [-0.39, 0.29) is 5.91 Å². The summed E-state index contributed by atoms with van der Waals surface area (Å²) in [7, 11) is 3.18. The lowest BCUT2D eigenvalue weighted by molar-refractivity contribution is 0.102. The minimum absolute atomic E-state index is 0.217. The van der Waals surface area contributed by atoms with Crippen molar-refractivity contribution in [1.29, 1.82) is 0 Å². The van der Waals surface area contributed by atoms with Crippen LogP contribution in [-0.4, -0.2) is 25.1 Å². The normalized spacial score (nSPS) is 10.5. The van der Waals surface area contributed by atoms with Crippen molar-refractivity contribution < 1.29 is 14.3 Å². The second kappa shape index (κ2) is 9.10. The topological polar surface area (TPSA) is 72.5 Å². The summed E-state index contributed by atoms with van der Waals surface area (Å²) < 4.78 is 10.6. The number of hydrogen-bond acceptors (Lipinski definition) is 5. The minimum atomic E-state index is -0.217. The van der Waals surface area contributed by atoms with Crippen LogP contribution in [0.25, 0.3) is 0 Å². The van der Waals surface area contributed by atoms with Gasteiger partial charge in [0.05, 0.1) is 31.7 Å². The highest BCUT2D eigenvalue weighted by atomic mass is 16.5. The monoisotopic (exact) mass is 391 g/mol. The summed E-state index contributed by atoms with van der Waals surface area (Å²) in [5.41, 5.74) is 3.93. The maximum Gasteiger partial charge on any atom is 0.257 e. The molecular formula is C23H25N3O3. The number of aromatic nitrogens is 1. The highest BCUT2D eigenvalue weighted by Gasteiger charge is 2.10. The van der Waals surface area contributed by atoms with Crippen molar-refractivity contribution in [2.24, 2.45) is 0 Å². The predicted molar refractivity (Wildman–Crippen MR) is 116 cm³/mol. The average molecular weight is 391 g/mol. The molecule has 0 aliphatic rings. The number of carbonyl (C=O) groups is 1. The number of pyridine rings is 1. The largest absolute Gasteiger partial charge is 0.493 e. The number of nitrogens with one attached hydrogen (secondary N) is 2. The zero-order valence-electron chi connectivity index (χ0n) is 17.0. The summed E-state index contributed by atoms with van der Waals surface area (Å²) in [4.78, 5) is 16.8. The molecule has 0 aliphatic carbocycles. The number of anilines is 3. The minimum Gasteiger partial charge on any atom is -0.493 e. The van der Waals surface area contributed by atoms with E-state index in [0.717, 1.165) is 11.4 Å². The van der Waals surface area contributed by atoms with E-state index in [1.807, 2.05) is 42.5 Å². The van der Waals surface area contributed by atoms with Crippen molar-refractivity contribution in [3.63, 3.8) is 0 Å². The fourth-order valence-corrected chi connectivity index (χ4v) is 2.87. The third kappa shape index (κ3) is 5.04. The van der Waals surface area contributed by atoms with Crippen LogP contribution < -0.4 is 20.1 Å². The van der Waals surface area contributed by atoms with Gasteiger partial charge in [-0.05, 0) is 41.8 Å². The van der Waals surface area contributed by atoms with Crippen molar-refractivity contribution in [3.8, 4) is 11.5 Å². The molecule has 0 atom stereocenters. The van der Waals surface area contributed by atoms with E-state index in [2.05, 4.69) is 29.5 Å². The van der Waals surface area contributed by atoms with Crippen molar-refractivity contribution in [2.45, 2.75) is 19.8 Å². The van der Waals surface area contributed by atoms with Gasteiger partial charge in [0, 0.05) is 23.6 Å². The Morgan fingerprint density at radius 3 is 2.21 bits per heavy atom. The van der Waals surface area contributed by atoms with Gasteiger partial charge in [0.15, 0.2) is 11.5 Å². The van der Waals surface area contributed by atoms with Gasteiger partial charge in [-0.3, -0.25) is 9.78 Å². The SMILES string of the molecule is COc1ccc(Nc2cncc(C(=O)Nc3ccc(C(C)C)cc3)c2)cc1OC. The lowest BCUT2D eigenvalue weighted by atomic mass is 10.0. The Labute approximate surface area is 170 Å². The molecule has 0 fully saturated rings. The lowest BCUT2D eigenvalue weighted by Gasteiger charge is -2.12. The third-order valence-electron chi connectivity index (χ3n) is 4.51. The molecule has 29 heavy (non-hydrogen) atoms. The number of rotatable bonds is 7. The number of amides is 1. The van der Waals surface area contributed by atoms with E-state index in [4.69, 9.17) is 9.47 Å². The first kappa shape index (κ1) is 20.2. The molecule has 1 amide bonds. The standard InChI is InChI=1S/C23H25N3O3/c1-15(2)16-5-7-18(8-6-16)26-23(27)17-11-20(14-24-13-17)25-19-9-10-21(28-3)22(12-19)29-4/h5-15,25H,1-4H3,(H,26,27). The second-order valence-corrected chi connectivity index (χ2v) is 6.89. The molecule has 6 heteroatoms. The first-order chi connectivity index (χ1) is 14.0. The highest BCUT2D eigenvalue weighted by Crippen LogP contribution is 2.31. The number of carbonyl (C=O) groups excluding carboxylic acids is 1. The number of benzene rings is 2. The maximum atomic E-state index is 12.6. The Morgan fingerprint density at radius 1 is 0.862 bits per heavy atom. The average Bonchev–Trinajstić information content (AvgIpc) is 2.74. The van der Waals surface area contributed by atoms with Gasteiger partial charge in [-0.15, -0.1) is 0 Å². The maximum absolute atomic E-state index is 12.6. The van der Waals surface area contributed by atoms with E-state index >= 15 is 0 Å². The van der Waals surface area contributed by atoms with Crippen LogP contribution in [0.4, 0.5) is 17.1 Å². The molecule has 150 valence electrons. The summed E-state index contributed by atoms with van der Waals surface area (Å²) in [6.45, 7) is 4.27. The van der Waals surface area contributed by atoms with E-state index in [1.165, 1.54) is 11.8 Å². The number of hydrogen-bond donors (Lipinski definition) is 2. The molecule has 2 aromatic carbocycles. The molecule has 1 heterocycles. The van der Waals surface area contributed by atoms with Crippen LogP contribution in [0, 0.1) is 0 Å². The fourth-order valence-electron chi connectivity index (χ4n) is 2.87. The molecule has 0 radical (unpaired) electrons. The molecular weight excluding hydrogens is 366 g/mol. The first-order valence-electron chi connectivity index (χ1n) is 9.35. The Kier molecular flexibility index (Phi) is 6.34. The predicted octanol–water partition coefficient (Wildman–Crippen LogP) is 5.22.